The molecule has 1 amide bonds. The van der Waals surface area contributed by atoms with Gasteiger partial charge < -0.3 is 20.1 Å². The maximum Gasteiger partial charge on any atom is 0.337 e. The van der Waals surface area contributed by atoms with Gasteiger partial charge in [-0.15, -0.1) is 0 Å². The third kappa shape index (κ3) is 4.48. The number of nitrogens with zero attached hydrogens (tertiary/aromatic N) is 1. The van der Waals surface area contributed by atoms with E-state index in [1.165, 1.54) is 13.2 Å². The first-order valence-corrected chi connectivity index (χ1v) is 7.38. The topological polar surface area (TPSA) is 100 Å². The summed E-state index contributed by atoms with van der Waals surface area (Å²) in [5.41, 5.74) is 1.87. The average molecular weight is 339 g/mol. The number of rotatable bonds is 6. The van der Waals surface area contributed by atoms with E-state index in [0.717, 1.165) is 0 Å². The monoisotopic (exact) mass is 339 g/mol. The summed E-state index contributed by atoms with van der Waals surface area (Å²) in [6, 6.07) is 13.7. The number of carbonyl (C=O) groups excluding carboxylic acids is 2. The maximum atomic E-state index is 11.8. The second-order valence-corrected chi connectivity index (χ2v) is 4.96. The van der Waals surface area contributed by atoms with E-state index in [9.17, 15) is 9.59 Å². The molecule has 7 nitrogen and oxygen atoms in total. The van der Waals surface area contributed by atoms with Crippen LogP contribution >= 0.6 is 0 Å². The molecule has 0 bridgehead atoms. The first-order chi connectivity index (χ1) is 12.1. The number of nitriles is 1. The number of hydrogen-bond donors (Lipinski definition) is 2. The van der Waals surface area contributed by atoms with Gasteiger partial charge in [0.1, 0.15) is 12.2 Å². The first-order valence-electron chi connectivity index (χ1n) is 7.38. The highest BCUT2D eigenvalue weighted by atomic mass is 16.5. The number of nitrogens with one attached hydrogen (secondary N) is 2. The fourth-order valence-electron chi connectivity index (χ4n) is 2.16. The van der Waals surface area contributed by atoms with E-state index in [1.807, 2.05) is 18.2 Å². The summed E-state index contributed by atoms with van der Waals surface area (Å²) in [5, 5.41) is 14.4. The lowest BCUT2D eigenvalue weighted by molar-refractivity contribution is -0.115. The zero-order chi connectivity index (χ0) is 18.2. The number of amides is 1. The van der Waals surface area contributed by atoms with E-state index in [-0.39, 0.29) is 12.0 Å². The predicted octanol–water partition coefficient (Wildman–Crippen LogP) is 3.08. The molecule has 0 spiro atoms. The normalized spacial score (nSPS) is 9.64. The van der Waals surface area contributed by atoms with Crippen molar-refractivity contribution in [2.24, 2.45) is 0 Å². The van der Waals surface area contributed by atoms with Crippen molar-refractivity contribution in [1.29, 1.82) is 5.26 Å². The van der Waals surface area contributed by atoms with Crippen molar-refractivity contribution >= 4 is 28.9 Å². The van der Waals surface area contributed by atoms with E-state index < -0.39 is 11.9 Å². The molecule has 2 aromatic carbocycles. The molecule has 0 aliphatic rings. The van der Waals surface area contributed by atoms with Gasteiger partial charge in [0.2, 0.25) is 5.91 Å². The summed E-state index contributed by atoms with van der Waals surface area (Å²) in [6.07, 6.45) is -0.295. The summed E-state index contributed by atoms with van der Waals surface area (Å²) in [5.74, 6) is -0.388. The second kappa shape index (κ2) is 8.36. The average Bonchev–Trinajstić information content (AvgIpc) is 2.63. The molecule has 0 saturated heterocycles. The molecule has 2 rings (SSSR count). The third-order valence-electron chi connectivity index (χ3n) is 3.33. The zero-order valence-electron chi connectivity index (χ0n) is 13.8. The first kappa shape index (κ1) is 17.8. The second-order valence-electron chi connectivity index (χ2n) is 4.96. The maximum absolute atomic E-state index is 11.8. The van der Waals surface area contributed by atoms with E-state index in [0.29, 0.717) is 22.8 Å². The molecule has 0 aliphatic heterocycles. The molecule has 0 unspecified atom stereocenters. The Kier molecular flexibility index (Phi) is 5.96. The Morgan fingerprint density at radius 1 is 1.08 bits per heavy atom. The van der Waals surface area contributed by atoms with Crippen LogP contribution in [-0.2, 0) is 9.53 Å². The molecule has 0 heterocycles. The SMILES string of the molecule is COC(=O)c1ccc(Nc2ccccc2OC)c(NC(=O)CC#N)c1. The van der Waals surface area contributed by atoms with Gasteiger partial charge in [0.05, 0.1) is 42.9 Å². The van der Waals surface area contributed by atoms with Gasteiger partial charge in [-0.05, 0) is 30.3 Å². The Morgan fingerprint density at radius 2 is 1.84 bits per heavy atom. The lowest BCUT2D eigenvalue weighted by Gasteiger charge is -2.15. The minimum Gasteiger partial charge on any atom is -0.495 e. The molecule has 0 aromatic heterocycles. The number of anilines is 3. The van der Waals surface area contributed by atoms with Gasteiger partial charge in [0, 0.05) is 0 Å². The minimum absolute atomic E-state index is 0.278. The summed E-state index contributed by atoms with van der Waals surface area (Å²) >= 11 is 0. The van der Waals surface area contributed by atoms with Crippen LogP contribution in [0.5, 0.6) is 5.75 Å². The lowest BCUT2D eigenvalue weighted by Crippen LogP contribution is -2.13. The van der Waals surface area contributed by atoms with Crippen LogP contribution in [-0.4, -0.2) is 26.1 Å². The molecule has 25 heavy (non-hydrogen) atoms. The molecule has 7 heteroatoms. The lowest BCUT2D eigenvalue weighted by atomic mass is 10.1. The van der Waals surface area contributed by atoms with Crippen LogP contribution in [0.1, 0.15) is 16.8 Å². The van der Waals surface area contributed by atoms with Gasteiger partial charge >= 0.3 is 5.97 Å². The quantitative estimate of drug-likeness (QED) is 0.785. The highest BCUT2D eigenvalue weighted by Crippen LogP contribution is 2.32. The van der Waals surface area contributed by atoms with Crippen LogP contribution in [0.4, 0.5) is 17.1 Å². The van der Waals surface area contributed by atoms with Crippen LogP contribution < -0.4 is 15.4 Å². The Bertz CT molecular complexity index is 827. The largest absolute Gasteiger partial charge is 0.495 e. The summed E-state index contributed by atoms with van der Waals surface area (Å²) in [7, 11) is 2.83. The summed E-state index contributed by atoms with van der Waals surface area (Å²) in [6.45, 7) is 0. The van der Waals surface area contributed by atoms with E-state index in [1.54, 1.807) is 31.4 Å². The Labute approximate surface area is 145 Å². The number of benzene rings is 2. The van der Waals surface area contributed by atoms with Crippen molar-refractivity contribution in [3.8, 4) is 11.8 Å². The summed E-state index contributed by atoms with van der Waals surface area (Å²) in [4.78, 5) is 23.5. The van der Waals surface area contributed by atoms with Gasteiger partial charge in [0.15, 0.2) is 0 Å². The van der Waals surface area contributed by atoms with E-state index in [4.69, 9.17) is 14.7 Å². The fourth-order valence-corrected chi connectivity index (χ4v) is 2.16. The zero-order valence-corrected chi connectivity index (χ0v) is 13.8. The van der Waals surface area contributed by atoms with Crippen LogP contribution in [0.2, 0.25) is 0 Å². The molecule has 0 saturated carbocycles. The van der Waals surface area contributed by atoms with Gasteiger partial charge in [-0.25, -0.2) is 4.79 Å². The minimum atomic E-state index is -0.528. The number of para-hydroxylation sites is 2. The molecule has 2 N–H and O–H groups in total. The Morgan fingerprint density at radius 3 is 2.52 bits per heavy atom. The van der Waals surface area contributed by atoms with Crippen LogP contribution in [0.25, 0.3) is 0 Å². The molecule has 0 aliphatic carbocycles. The van der Waals surface area contributed by atoms with Crippen molar-refractivity contribution in [1.82, 2.24) is 0 Å². The molecule has 0 fully saturated rings. The van der Waals surface area contributed by atoms with Crippen LogP contribution in [0.3, 0.4) is 0 Å². The highest BCUT2D eigenvalue weighted by Gasteiger charge is 2.13. The number of esters is 1. The smallest absolute Gasteiger partial charge is 0.337 e. The number of hydrogen-bond acceptors (Lipinski definition) is 6. The molecular weight excluding hydrogens is 322 g/mol. The highest BCUT2D eigenvalue weighted by molar-refractivity contribution is 5.99. The Balaban J connectivity index is 2.39. The molecule has 0 radical (unpaired) electrons. The standard InChI is InChI=1S/C18H17N3O4/c1-24-16-6-4-3-5-14(16)20-13-8-7-12(18(23)25-2)11-15(13)21-17(22)9-10-19/h3-8,11,20H,9H2,1-2H3,(H,21,22). The van der Waals surface area contributed by atoms with Crippen molar-refractivity contribution in [3.63, 3.8) is 0 Å². The Hall–Kier alpha value is -3.53. The molecule has 2 aromatic rings. The van der Waals surface area contributed by atoms with Crippen molar-refractivity contribution < 1.29 is 19.1 Å². The van der Waals surface area contributed by atoms with E-state index >= 15 is 0 Å². The van der Waals surface area contributed by atoms with Crippen LogP contribution in [0.15, 0.2) is 42.5 Å². The van der Waals surface area contributed by atoms with Crippen LogP contribution in [0, 0.1) is 11.3 Å². The summed E-state index contributed by atoms with van der Waals surface area (Å²) < 4.78 is 9.98. The van der Waals surface area contributed by atoms with Crippen molar-refractivity contribution in [2.45, 2.75) is 6.42 Å². The van der Waals surface area contributed by atoms with Gasteiger partial charge in [-0.1, -0.05) is 12.1 Å². The predicted molar refractivity (Wildman–Crippen MR) is 92.9 cm³/mol. The van der Waals surface area contributed by atoms with Crippen molar-refractivity contribution in [3.05, 3.63) is 48.0 Å². The number of methoxy groups -OCH3 is 2. The molecule has 128 valence electrons. The van der Waals surface area contributed by atoms with Gasteiger partial charge in [-0.3, -0.25) is 4.79 Å². The van der Waals surface area contributed by atoms with Crippen molar-refractivity contribution in [2.75, 3.05) is 24.9 Å². The number of carbonyl (C=O) groups is 2. The van der Waals surface area contributed by atoms with Gasteiger partial charge in [0.25, 0.3) is 0 Å². The molecule has 0 atom stereocenters. The number of ether oxygens (including phenoxy) is 2. The third-order valence-corrected chi connectivity index (χ3v) is 3.33. The molecular formula is C18H17N3O4. The van der Waals surface area contributed by atoms with Gasteiger partial charge in [-0.2, -0.15) is 5.26 Å². The van der Waals surface area contributed by atoms with E-state index in [2.05, 4.69) is 10.6 Å². The fraction of sp³-hybridized carbons (Fsp3) is 0.167.